The van der Waals surface area contributed by atoms with Gasteiger partial charge in [-0.05, 0) is 43.2 Å². The molecule has 1 N–H and O–H groups in total. The largest absolute Gasteiger partial charge is 0.463 e. The molecule has 5 nitrogen and oxygen atoms in total. The second kappa shape index (κ2) is 8.43. The van der Waals surface area contributed by atoms with E-state index in [0.29, 0.717) is 28.1 Å². The Morgan fingerprint density at radius 2 is 1.76 bits per heavy atom. The first-order valence-corrected chi connectivity index (χ1v) is 10.9. The van der Waals surface area contributed by atoms with Crippen LogP contribution < -0.4 is 10.9 Å². The van der Waals surface area contributed by atoms with E-state index in [9.17, 15) is 9.59 Å². The lowest BCUT2D eigenvalue weighted by molar-refractivity contribution is -0.138. The van der Waals surface area contributed by atoms with Crippen LogP contribution >= 0.6 is 0 Å². The van der Waals surface area contributed by atoms with Crippen LogP contribution in [-0.4, -0.2) is 12.6 Å². The monoisotopic (exact) mass is 437 g/mol. The number of fused-ring (bicyclic) bond motifs is 3. The number of esters is 1. The number of carbonyl (C=O) groups is 1. The Morgan fingerprint density at radius 1 is 1.00 bits per heavy atom. The predicted octanol–water partition coefficient (Wildman–Crippen LogP) is 5.63. The van der Waals surface area contributed by atoms with Crippen molar-refractivity contribution in [2.45, 2.75) is 19.8 Å². The molecule has 0 aliphatic carbocycles. The third kappa shape index (κ3) is 3.61. The molecule has 0 spiro atoms. The first-order valence-electron chi connectivity index (χ1n) is 10.9. The first-order chi connectivity index (χ1) is 16.1. The molecule has 2 heterocycles. The highest BCUT2D eigenvalue weighted by molar-refractivity contribution is 6.08. The number of ether oxygens (including phenoxy) is 1. The maximum absolute atomic E-state index is 13.4. The van der Waals surface area contributed by atoms with Gasteiger partial charge in [0.25, 0.3) is 0 Å². The van der Waals surface area contributed by atoms with E-state index >= 15 is 0 Å². The second-order valence-electron chi connectivity index (χ2n) is 8.02. The fourth-order valence-corrected chi connectivity index (χ4v) is 4.48. The van der Waals surface area contributed by atoms with Gasteiger partial charge in [-0.15, -0.1) is 0 Å². The Bertz CT molecular complexity index is 1450. The Morgan fingerprint density at radius 3 is 2.52 bits per heavy atom. The Labute approximate surface area is 191 Å². The number of para-hydroxylation sites is 1. The van der Waals surface area contributed by atoms with E-state index in [2.05, 4.69) is 5.32 Å². The Balaban J connectivity index is 1.89. The highest BCUT2D eigenvalue weighted by Gasteiger charge is 2.38. The molecule has 1 aromatic heterocycles. The number of hydrogen-bond acceptors (Lipinski definition) is 5. The zero-order valence-electron chi connectivity index (χ0n) is 18.4. The fraction of sp³-hybridized carbons (Fsp3) is 0.143. The third-order valence-corrected chi connectivity index (χ3v) is 5.88. The molecule has 4 aromatic rings. The minimum Gasteiger partial charge on any atom is -0.463 e. The van der Waals surface area contributed by atoms with Crippen molar-refractivity contribution in [2.24, 2.45) is 0 Å². The maximum atomic E-state index is 13.4. The molecular weight excluding hydrogens is 414 g/mol. The predicted molar refractivity (Wildman–Crippen MR) is 129 cm³/mol. The van der Waals surface area contributed by atoms with Crippen LogP contribution in [0, 0.1) is 6.92 Å². The van der Waals surface area contributed by atoms with Crippen LogP contribution in [0.3, 0.4) is 0 Å². The summed E-state index contributed by atoms with van der Waals surface area (Å²) in [7, 11) is 0. The van der Waals surface area contributed by atoms with E-state index < -0.39 is 17.5 Å². The average Bonchev–Trinajstić information content (AvgIpc) is 2.83. The standard InChI is InChI=1S/C28H23NO4/c1-3-32-27(30)23-22(18-11-5-4-6-12-18)24-26(20-14-7-8-15-21(20)33-28(24)31)29-25(23)19-13-9-10-17(2)16-19/h4-16,22,29H,3H2,1-2H3. The average molecular weight is 437 g/mol. The second-order valence-corrected chi connectivity index (χ2v) is 8.02. The quantitative estimate of drug-likeness (QED) is 0.331. The lowest BCUT2D eigenvalue weighted by atomic mass is 9.79. The smallest absolute Gasteiger partial charge is 0.342 e. The molecule has 164 valence electrons. The van der Waals surface area contributed by atoms with E-state index in [-0.39, 0.29) is 6.61 Å². The van der Waals surface area contributed by atoms with Gasteiger partial charge in [-0.2, -0.15) is 0 Å². The van der Waals surface area contributed by atoms with Crippen molar-refractivity contribution in [3.05, 3.63) is 117 Å². The zero-order valence-corrected chi connectivity index (χ0v) is 18.4. The molecule has 1 atom stereocenters. The molecule has 1 aliphatic rings. The molecule has 0 amide bonds. The summed E-state index contributed by atoms with van der Waals surface area (Å²) in [6.45, 7) is 4.00. The van der Waals surface area contributed by atoms with Gasteiger partial charge >= 0.3 is 11.6 Å². The van der Waals surface area contributed by atoms with Crippen LogP contribution in [0.1, 0.15) is 35.1 Å². The minimum absolute atomic E-state index is 0.226. The van der Waals surface area contributed by atoms with Crippen molar-refractivity contribution in [1.82, 2.24) is 0 Å². The van der Waals surface area contributed by atoms with Crippen LogP contribution in [0.25, 0.3) is 16.7 Å². The van der Waals surface area contributed by atoms with Crippen molar-refractivity contribution in [3.8, 4) is 0 Å². The zero-order chi connectivity index (χ0) is 22.9. The van der Waals surface area contributed by atoms with Gasteiger partial charge in [0.2, 0.25) is 0 Å². The van der Waals surface area contributed by atoms with E-state index in [0.717, 1.165) is 22.1 Å². The summed E-state index contributed by atoms with van der Waals surface area (Å²) in [6, 6.07) is 24.9. The van der Waals surface area contributed by atoms with Crippen molar-refractivity contribution in [2.75, 3.05) is 11.9 Å². The number of aryl methyl sites for hydroxylation is 1. The van der Waals surface area contributed by atoms with Gasteiger partial charge in [-0.1, -0.05) is 66.2 Å². The summed E-state index contributed by atoms with van der Waals surface area (Å²) in [5.74, 6) is -1.11. The molecule has 0 saturated carbocycles. The summed E-state index contributed by atoms with van der Waals surface area (Å²) >= 11 is 0. The maximum Gasteiger partial charge on any atom is 0.342 e. The van der Waals surface area contributed by atoms with Crippen molar-refractivity contribution < 1.29 is 13.9 Å². The van der Waals surface area contributed by atoms with Crippen molar-refractivity contribution >= 4 is 28.3 Å². The van der Waals surface area contributed by atoms with Gasteiger partial charge < -0.3 is 14.5 Å². The molecule has 1 aliphatic heterocycles. The number of nitrogens with one attached hydrogen (secondary N) is 1. The molecule has 33 heavy (non-hydrogen) atoms. The van der Waals surface area contributed by atoms with Crippen molar-refractivity contribution in [1.29, 1.82) is 0 Å². The van der Waals surface area contributed by atoms with Gasteiger partial charge in [0, 0.05) is 5.39 Å². The van der Waals surface area contributed by atoms with Gasteiger partial charge in [0.1, 0.15) is 5.58 Å². The van der Waals surface area contributed by atoms with E-state index in [1.165, 1.54) is 0 Å². The van der Waals surface area contributed by atoms with E-state index in [4.69, 9.17) is 9.15 Å². The molecule has 0 fully saturated rings. The molecule has 5 rings (SSSR count). The van der Waals surface area contributed by atoms with E-state index in [1.807, 2.05) is 79.7 Å². The topological polar surface area (TPSA) is 68.5 Å². The normalized spacial score (nSPS) is 15.2. The molecular formula is C28H23NO4. The van der Waals surface area contributed by atoms with Crippen LogP contribution in [0.4, 0.5) is 5.69 Å². The highest BCUT2D eigenvalue weighted by Crippen LogP contribution is 2.45. The number of anilines is 1. The van der Waals surface area contributed by atoms with Crippen LogP contribution in [0.2, 0.25) is 0 Å². The van der Waals surface area contributed by atoms with Gasteiger partial charge in [-0.3, -0.25) is 0 Å². The molecule has 3 aromatic carbocycles. The summed E-state index contributed by atoms with van der Waals surface area (Å²) in [6.07, 6.45) is 0. The van der Waals surface area contributed by atoms with Crippen LogP contribution in [0.15, 0.2) is 93.6 Å². The number of benzene rings is 3. The molecule has 0 bridgehead atoms. The van der Waals surface area contributed by atoms with Crippen molar-refractivity contribution in [3.63, 3.8) is 0 Å². The molecule has 1 unspecified atom stereocenters. The molecule has 0 radical (unpaired) electrons. The highest BCUT2D eigenvalue weighted by atomic mass is 16.5. The number of carbonyl (C=O) groups excluding carboxylic acids is 1. The fourth-order valence-electron chi connectivity index (χ4n) is 4.48. The summed E-state index contributed by atoms with van der Waals surface area (Å²) in [5.41, 5.74) is 4.82. The Hall–Kier alpha value is -4.12. The van der Waals surface area contributed by atoms with Gasteiger partial charge in [0.05, 0.1) is 35.0 Å². The third-order valence-electron chi connectivity index (χ3n) is 5.88. The number of rotatable bonds is 4. The van der Waals surface area contributed by atoms with Gasteiger partial charge in [-0.25, -0.2) is 9.59 Å². The summed E-state index contributed by atoms with van der Waals surface area (Å²) < 4.78 is 11.2. The minimum atomic E-state index is -0.641. The molecule has 5 heteroatoms. The number of hydrogen-bond donors (Lipinski definition) is 1. The Kier molecular flexibility index (Phi) is 5.31. The van der Waals surface area contributed by atoms with Crippen LogP contribution in [-0.2, 0) is 9.53 Å². The summed E-state index contributed by atoms with van der Waals surface area (Å²) in [4.78, 5) is 26.7. The van der Waals surface area contributed by atoms with E-state index in [1.54, 1.807) is 13.0 Å². The van der Waals surface area contributed by atoms with Gasteiger partial charge in [0.15, 0.2) is 0 Å². The first kappa shape index (κ1) is 20.8. The SMILES string of the molecule is CCOC(=O)C1=C(c2cccc(C)c2)Nc2c(c(=O)oc3ccccc23)C1c1ccccc1. The molecule has 0 saturated heterocycles. The summed E-state index contributed by atoms with van der Waals surface area (Å²) in [5, 5.41) is 4.21. The van der Waals surface area contributed by atoms with Crippen LogP contribution in [0.5, 0.6) is 0 Å². The lowest BCUT2D eigenvalue weighted by Gasteiger charge is -2.31. The lowest BCUT2D eigenvalue weighted by Crippen LogP contribution is -2.29.